The predicted molar refractivity (Wildman–Crippen MR) is 104 cm³/mol. The lowest BCUT2D eigenvalue weighted by Gasteiger charge is -2.19. The molecule has 1 N–H and O–H groups in total. The molecule has 1 saturated heterocycles. The summed E-state index contributed by atoms with van der Waals surface area (Å²) in [6.07, 6.45) is 7.65. The molecule has 0 spiro atoms. The number of amides is 1. The van der Waals surface area contributed by atoms with Gasteiger partial charge in [-0.25, -0.2) is 9.97 Å². The highest BCUT2D eigenvalue weighted by Crippen LogP contribution is 2.27. The lowest BCUT2D eigenvalue weighted by atomic mass is 10.1. The van der Waals surface area contributed by atoms with Gasteiger partial charge in [-0.1, -0.05) is 5.16 Å². The first-order chi connectivity index (χ1) is 13.6. The molecule has 4 rings (SSSR count). The van der Waals surface area contributed by atoms with Crippen molar-refractivity contribution in [1.29, 1.82) is 0 Å². The summed E-state index contributed by atoms with van der Waals surface area (Å²) >= 11 is 0. The molecule has 0 radical (unpaired) electrons. The smallest absolute Gasteiger partial charge is 0.223 e. The molecule has 2 aliphatic rings. The molecule has 28 heavy (non-hydrogen) atoms. The lowest BCUT2D eigenvalue weighted by Crippen LogP contribution is -2.28. The van der Waals surface area contributed by atoms with E-state index in [9.17, 15) is 4.79 Å². The molecular formula is C20H27N5O3. The van der Waals surface area contributed by atoms with Gasteiger partial charge in [0.2, 0.25) is 11.9 Å². The number of hydrogen-bond donors (Lipinski definition) is 1. The van der Waals surface area contributed by atoms with Crippen molar-refractivity contribution in [2.24, 2.45) is 0 Å². The molecular weight excluding hydrogens is 358 g/mol. The highest BCUT2D eigenvalue weighted by Gasteiger charge is 2.24. The first kappa shape index (κ1) is 18.9. The van der Waals surface area contributed by atoms with Crippen LogP contribution in [0.25, 0.3) is 11.3 Å². The van der Waals surface area contributed by atoms with Gasteiger partial charge in [-0.3, -0.25) is 4.79 Å². The van der Waals surface area contributed by atoms with E-state index in [1.165, 1.54) is 0 Å². The Bertz CT molecular complexity index is 827. The first-order valence-electron chi connectivity index (χ1n) is 10.00. The van der Waals surface area contributed by atoms with Crippen LogP contribution in [0.15, 0.2) is 16.8 Å². The van der Waals surface area contributed by atoms with Crippen LogP contribution < -0.4 is 5.32 Å². The number of ether oxygens (including phenoxy) is 1. The molecule has 8 nitrogen and oxygen atoms in total. The second-order valence-corrected chi connectivity index (χ2v) is 7.73. The van der Waals surface area contributed by atoms with Gasteiger partial charge in [-0.15, -0.1) is 0 Å². The van der Waals surface area contributed by atoms with Crippen LogP contribution in [0.1, 0.15) is 49.9 Å². The molecule has 0 aromatic carbocycles. The topological polar surface area (TPSA) is 93.4 Å². The normalized spacial score (nSPS) is 19.0. The van der Waals surface area contributed by atoms with E-state index in [0.717, 1.165) is 55.7 Å². The van der Waals surface area contributed by atoms with Gasteiger partial charge in [0.25, 0.3) is 0 Å². The predicted octanol–water partition coefficient (Wildman–Crippen LogP) is 2.93. The van der Waals surface area contributed by atoms with Crippen LogP contribution in [-0.2, 0) is 16.1 Å². The van der Waals surface area contributed by atoms with Crippen molar-refractivity contribution in [3.8, 4) is 11.3 Å². The Hall–Kier alpha value is -2.48. The van der Waals surface area contributed by atoms with Crippen molar-refractivity contribution in [3.63, 3.8) is 0 Å². The van der Waals surface area contributed by atoms with Crippen molar-refractivity contribution in [2.45, 2.75) is 64.1 Å². The molecule has 2 aromatic rings. The number of nitrogens with one attached hydrogen (secondary N) is 1. The molecule has 1 unspecified atom stereocenters. The SMILES string of the molecule is Cc1cc(-c2cnc(NC3CC3)nc2CN(C)C(=O)CCC2CCCO2)on1. The van der Waals surface area contributed by atoms with E-state index in [1.54, 1.807) is 11.1 Å². The van der Waals surface area contributed by atoms with Crippen LogP contribution in [0, 0.1) is 6.92 Å². The van der Waals surface area contributed by atoms with Crippen molar-refractivity contribution in [2.75, 3.05) is 19.0 Å². The van der Waals surface area contributed by atoms with Crippen molar-refractivity contribution in [1.82, 2.24) is 20.0 Å². The van der Waals surface area contributed by atoms with Crippen LogP contribution in [0.2, 0.25) is 0 Å². The fourth-order valence-corrected chi connectivity index (χ4v) is 3.37. The minimum Gasteiger partial charge on any atom is -0.378 e. The Labute approximate surface area is 164 Å². The summed E-state index contributed by atoms with van der Waals surface area (Å²) in [5.74, 6) is 1.30. The summed E-state index contributed by atoms with van der Waals surface area (Å²) in [6, 6.07) is 2.31. The summed E-state index contributed by atoms with van der Waals surface area (Å²) in [5, 5.41) is 7.28. The number of carbonyl (C=O) groups excluding carboxylic acids is 1. The Morgan fingerprint density at radius 2 is 2.21 bits per heavy atom. The fourth-order valence-electron chi connectivity index (χ4n) is 3.37. The van der Waals surface area contributed by atoms with Gasteiger partial charge in [0, 0.05) is 38.4 Å². The molecule has 8 heteroatoms. The van der Waals surface area contributed by atoms with E-state index in [-0.39, 0.29) is 12.0 Å². The standard InChI is InChI=1S/C20H27N5O3/c1-13-10-18(28-24-13)16-11-21-20(22-14-5-6-14)23-17(16)12-25(2)19(26)8-7-15-4-3-9-27-15/h10-11,14-15H,3-9,12H2,1-2H3,(H,21,22,23). The number of carbonyl (C=O) groups is 1. The number of aromatic nitrogens is 3. The van der Waals surface area contributed by atoms with Crippen molar-refractivity contribution in [3.05, 3.63) is 23.7 Å². The van der Waals surface area contributed by atoms with E-state index in [2.05, 4.69) is 20.4 Å². The summed E-state index contributed by atoms with van der Waals surface area (Å²) in [5.41, 5.74) is 2.31. The van der Waals surface area contributed by atoms with Gasteiger partial charge in [0.15, 0.2) is 5.76 Å². The van der Waals surface area contributed by atoms with E-state index < -0.39 is 0 Å². The van der Waals surface area contributed by atoms with Gasteiger partial charge < -0.3 is 19.5 Å². The number of anilines is 1. The summed E-state index contributed by atoms with van der Waals surface area (Å²) in [4.78, 5) is 23.4. The molecule has 150 valence electrons. The third kappa shape index (κ3) is 4.67. The Morgan fingerprint density at radius 3 is 2.89 bits per heavy atom. The van der Waals surface area contributed by atoms with Crippen LogP contribution in [0.5, 0.6) is 0 Å². The van der Waals surface area contributed by atoms with Gasteiger partial charge in [-0.2, -0.15) is 0 Å². The zero-order valence-corrected chi connectivity index (χ0v) is 16.5. The molecule has 0 bridgehead atoms. The summed E-state index contributed by atoms with van der Waals surface area (Å²) in [7, 11) is 1.81. The summed E-state index contributed by atoms with van der Waals surface area (Å²) in [6.45, 7) is 3.07. The van der Waals surface area contributed by atoms with E-state index >= 15 is 0 Å². The van der Waals surface area contributed by atoms with Gasteiger partial charge in [0.05, 0.1) is 29.6 Å². The summed E-state index contributed by atoms with van der Waals surface area (Å²) < 4.78 is 11.0. The highest BCUT2D eigenvalue weighted by atomic mass is 16.5. The third-order valence-corrected chi connectivity index (χ3v) is 5.19. The molecule has 3 heterocycles. The van der Waals surface area contributed by atoms with Crippen LogP contribution in [0.3, 0.4) is 0 Å². The third-order valence-electron chi connectivity index (χ3n) is 5.19. The van der Waals surface area contributed by atoms with Crippen LogP contribution >= 0.6 is 0 Å². The molecule has 1 saturated carbocycles. The second kappa shape index (κ2) is 8.26. The maximum atomic E-state index is 12.6. The number of rotatable bonds is 8. The first-order valence-corrected chi connectivity index (χ1v) is 10.00. The maximum absolute atomic E-state index is 12.6. The number of nitrogens with zero attached hydrogens (tertiary/aromatic N) is 4. The maximum Gasteiger partial charge on any atom is 0.223 e. The Balaban J connectivity index is 1.47. The fraction of sp³-hybridized carbons (Fsp3) is 0.600. The number of hydrogen-bond acceptors (Lipinski definition) is 7. The largest absolute Gasteiger partial charge is 0.378 e. The minimum absolute atomic E-state index is 0.0884. The molecule has 1 amide bonds. The quantitative estimate of drug-likeness (QED) is 0.747. The van der Waals surface area contributed by atoms with Crippen molar-refractivity contribution < 1.29 is 14.1 Å². The highest BCUT2D eigenvalue weighted by molar-refractivity contribution is 5.76. The Kier molecular flexibility index (Phi) is 5.57. The zero-order chi connectivity index (χ0) is 19.5. The molecule has 1 aliphatic heterocycles. The monoisotopic (exact) mass is 385 g/mol. The zero-order valence-electron chi connectivity index (χ0n) is 16.5. The van der Waals surface area contributed by atoms with E-state index in [1.807, 2.05) is 20.0 Å². The number of aryl methyl sites for hydroxylation is 1. The van der Waals surface area contributed by atoms with E-state index in [0.29, 0.717) is 30.7 Å². The van der Waals surface area contributed by atoms with Crippen molar-refractivity contribution >= 4 is 11.9 Å². The van der Waals surface area contributed by atoms with Gasteiger partial charge >= 0.3 is 0 Å². The van der Waals surface area contributed by atoms with Gasteiger partial charge in [0.1, 0.15) is 0 Å². The molecule has 1 atom stereocenters. The second-order valence-electron chi connectivity index (χ2n) is 7.73. The van der Waals surface area contributed by atoms with Gasteiger partial charge in [-0.05, 0) is 39.0 Å². The molecule has 2 fully saturated rings. The molecule has 1 aliphatic carbocycles. The average Bonchev–Trinajstić information content (AvgIpc) is 3.16. The van der Waals surface area contributed by atoms with Crippen LogP contribution in [-0.4, -0.2) is 51.7 Å². The Morgan fingerprint density at radius 1 is 1.36 bits per heavy atom. The lowest BCUT2D eigenvalue weighted by molar-refractivity contribution is -0.131. The molecule has 2 aromatic heterocycles. The minimum atomic E-state index is 0.0884. The van der Waals surface area contributed by atoms with E-state index in [4.69, 9.17) is 9.26 Å². The average molecular weight is 385 g/mol. The van der Waals surface area contributed by atoms with Crippen LogP contribution in [0.4, 0.5) is 5.95 Å².